The average Bonchev–Trinajstić information content (AvgIpc) is 2.38. The van der Waals surface area contributed by atoms with Gasteiger partial charge in [0.2, 0.25) is 0 Å². The quantitative estimate of drug-likeness (QED) is 0.678. The summed E-state index contributed by atoms with van der Waals surface area (Å²) in [7, 11) is 0. The number of H-pyrrole nitrogens is 1. The Kier molecular flexibility index (Phi) is 4.93. The highest BCUT2D eigenvalue weighted by Gasteiger charge is 2.03. The molecule has 0 bridgehead atoms. The van der Waals surface area contributed by atoms with Gasteiger partial charge in [0, 0.05) is 17.5 Å². The van der Waals surface area contributed by atoms with E-state index in [4.69, 9.17) is 11.6 Å². The first kappa shape index (κ1) is 14.0. The van der Waals surface area contributed by atoms with Gasteiger partial charge in [-0.25, -0.2) is 9.97 Å². The lowest BCUT2D eigenvalue weighted by Crippen LogP contribution is -2.10. The molecule has 0 fully saturated rings. The van der Waals surface area contributed by atoms with Crippen LogP contribution in [0, 0.1) is 0 Å². The zero-order valence-electron chi connectivity index (χ0n) is 10.4. The third-order valence-corrected chi connectivity index (χ3v) is 3.41. The van der Waals surface area contributed by atoms with Crippen LogP contribution in [0.25, 0.3) is 0 Å². The predicted octanol–water partition coefficient (Wildman–Crippen LogP) is 2.46. The summed E-state index contributed by atoms with van der Waals surface area (Å²) in [5.74, 6) is 0.586. The van der Waals surface area contributed by atoms with Crippen LogP contribution in [0.4, 0.5) is 0 Å². The second-order valence-electron chi connectivity index (χ2n) is 3.91. The minimum absolute atomic E-state index is 0.122. The Hall–Kier alpha value is -1.40. The van der Waals surface area contributed by atoms with Crippen LogP contribution < -0.4 is 5.56 Å². The van der Waals surface area contributed by atoms with Gasteiger partial charge in [0.15, 0.2) is 5.16 Å². The van der Waals surface area contributed by atoms with Gasteiger partial charge in [-0.05, 0) is 6.42 Å². The first-order valence-electron chi connectivity index (χ1n) is 5.87. The zero-order chi connectivity index (χ0) is 13.7. The van der Waals surface area contributed by atoms with Crippen LogP contribution in [0.2, 0.25) is 5.15 Å². The van der Waals surface area contributed by atoms with E-state index in [1.807, 2.05) is 0 Å². The van der Waals surface area contributed by atoms with Gasteiger partial charge in [-0.15, -0.1) is 0 Å². The first-order chi connectivity index (χ1) is 9.17. The molecule has 2 rings (SSSR count). The number of hydrogen-bond donors (Lipinski definition) is 1. The van der Waals surface area contributed by atoms with Gasteiger partial charge in [-0.3, -0.25) is 9.78 Å². The number of rotatable bonds is 5. The van der Waals surface area contributed by atoms with Gasteiger partial charge >= 0.3 is 0 Å². The van der Waals surface area contributed by atoms with Gasteiger partial charge in [0.1, 0.15) is 5.15 Å². The molecular formula is C12H13ClN4OS. The third-order valence-electron chi connectivity index (χ3n) is 2.31. The second-order valence-corrected chi connectivity index (χ2v) is 5.26. The van der Waals surface area contributed by atoms with Gasteiger partial charge < -0.3 is 4.98 Å². The monoisotopic (exact) mass is 296 g/mol. The summed E-state index contributed by atoms with van der Waals surface area (Å²) in [4.78, 5) is 26.7. The molecule has 0 aromatic carbocycles. The highest BCUT2D eigenvalue weighted by molar-refractivity contribution is 7.98. The number of nitrogens with zero attached hydrogens (tertiary/aromatic N) is 3. The average molecular weight is 297 g/mol. The van der Waals surface area contributed by atoms with Crippen molar-refractivity contribution in [3.8, 4) is 0 Å². The summed E-state index contributed by atoms with van der Waals surface area (Å²) in [5, 5.41) is 0.970. The van der Waals surface area contributed by atoms with E-state index in [9.17, 15) is 4.79 Å². The van der Waals surface area contributed by atoms with Crippen molar-refractivity contribution < 1.29 is 0 Å². The topological polar surface area (TPSA) is 71.5 Å². The Morgan fingerprint density at radius 1 is 1.32 bits per heavy atom. The molecule has 2 aromatic heterocycles. The molecule has 0 radical (unpaired) electrons. The van der Waals surface area contributed by atoms with E-state index in [0.717, 1.165) is 24.2 Å². The minimum atomic E-state index is -0.122. The predicted molar refractivity (Wildman–Crippen MR) is 75.5 cm³/mol. The van der Waals surface area contributed by atoms with E-state index in [1.165, 1.54) is 24.0 Å². The molecule has 0 aliphatic rings. The fourth-order valence-corrected chi connectivity index (χ4v) is 2.38. The van der Waals surface area contributed by atoms with E-state index in [1.54, 1.807) is 6.20 Å². The maximum absolute atomic E-state index is 11.5. The lowest BCUT2D eigenvalue weighted by molar-refractivity contribution is 0.815. The van der Waals surface area contributed by atoms with Crippen LogP contribution in [-0.4, -0.2) is 19.9 Å². The SMILES string of the molecule is CCCc1cc(=O)[nH]c(SCc2cnc(Cl)cn2)n1. The maximum Gasteiger partial charge on any atom is 0.251 e. The summed E-state index contributed by atoms with van der Waals surface area (Å²) in [6, 6.07) is 1.54. The smallest absolute Gasteiger partial charge is 0.251 e. The van der Waals surface area contributed by atoms with E-state index in [2.05, 4.69) is 26.9 Å². The fraction of sp³-hybridized carbons (Fsp3) is 0.333. The minimum Gasteiger partial charge on any atom is -0.301 e. The van der Waals surface area contributed by atoms with Gasteiger partial charge in [0.05, 0.1) is 18.1 Å². The van der Waals surface area contributed by atoms with Crippen molar-refractivity contribution in [3.63, 3.8) is 0 Å². The van der Waals surface area contributed by atoms with Crippen LogP contribution in [0.15, 0.2) is 28.4 Å². The fourth-order valence-electron chi connectivity index (χ4n) is 1.49. The summed E-state index contributed by atoms with van der Waals surface area (Å²) in [6.45, 7) is 2.05. The molecule has 100 valence electrons. The molecule has 1 N–H and O–H groups in total. The van der Waals surface area contributed by atoms with Crippen LogP contribution in [0.5, 0.6) is 0 Å². The van der Waals surface area contributed by atoms with E-state index < -0.39 is 0 Å². The normalized spacial score (nSPS) is 10.6. The molecule has 0 saturated carbocycles. The number of hydrogen-bond acceptors (Lipinski definition) is 5. The van der Waals surface area contributed by atoms with Crippen LogP contribution in [-0.2, 0) is 12.2 Å². The summed E-state index contributed by atoms with van der Waals surface area (Å²) in [6.07, 6.45) is 4.88. The van der Waals surface area contributed by atoms with Gasteiger partial charge in [-0.1, -0.05) is 36.7 Å². The van der Waals surface area contributed by atoms with Crippen LogP contribution >= 0.6 is 23.4 Å². The summed E-state index contributed by atoms with van der Waals surface area (Å²) >= 11 is 7.09. The second kappa shape index (κ2) is 6.68. The molecule has 0 saturated heterocycles. The van der Waals surface area contributed by atoms with E-state index >= 15 is 0 Å². The Balaban J connectivity index is 2.06. The van der Waals surface area contributed by atoms with Crippen molar-refractivity contribution in [1.29, 1.82) is 0 Å². The highest BCUT2D eigenvalue weighted by Crippen LogP contribution is 2.17. The standard InChI is InChI=1S/C12H13ClN4OS/c1-2-3-8-4-11(18)17-12(16-8)19-7-9-5-15-10(13)6-14-9/h4-6H,2-3,7H2,1H3,(H,16,17,18). The summed E-state index contributed by atoms with van der Waals surface area (Å²) in [5.41, 5.74) is 1.48. The van der Waals surface area contributed by atoms with Crippen molar-refractivity contribution in [2.45, 2.75) is 30.7 Å². The van der Waals surface area contributed by atoms with Crippen molar-refractivity contribution in [2.75, 3.05) is 0 Å². The Bertz CT molecular complexity index is 599. The number of aromatic nitrogens is 4. The number of aromatic amines is 1. The van der Waals surface area contributed by atoms with E-state index in [-0.39, 0.29) is 5.56 Å². The number of halogens is 1. The lowest BCUT2D eigenvalue weighted by atomic mass is 10.2. The van der Waals surface area contributed by atoms with E-state index in [0.29, 0.717) is 16.1 Å². The molecule has 2 heterocycles. The molecule has 0 amide bonds. The Morgan fingerprint density at radius 3 is 2.84 bits per heavy atom. The molecule has 0 atom stereocenters. The van der Waals surface area contributed by atoms with Gasteiger partial charge in [-0.2, -0.15) is 0 Å². The third kappa shape index (κ3) is 4.33. The maximum atomic E-state index is 11.5. The first-order valence-corrected chi connectivity index (χ1v) is 7.23. The molecular weight excluding hydrogens is 284 g/mol. The highest BCUT2D eigenvalue weighted by atomic mass is 35.5. The Labute approximate surface area is 119 Å². The van der Waals surface area contributed by atoms with Crippen molar-refractivity contribution in [2.24, 2.45) is 0 Å². The number of nitrogens with one attached hydrogen (secondary N) is 1. The van der Waals surface area contributed by atoms with Crippen molar-refractivity contribution in [3.05, 3.63) is 45.4 Å². The van der Waals surface area contributed by atoms with Gasteiger partial charge in [0.25, 0.3) is 5.56 Å². The number of thioether (sulfide) groups is 1. The molecule has 7 heteroatoms. The van der Waals surface area contributed by atoms with Crippen molar-refractivity contribution >= 4 is 23.4 Å². The van der Waals surface area contributed by atoms with Crippen LogP contribution in [0.1, 0.15) is 24.7 Å². The summed E-state index contributed by atoms with van der Waals surface area (Å²) < 4.78 is 0. The molecule has 0 aliphatic heterocycles. The molecule has 0 spiro atoms. The molecule has 2 aromatic rings. The lowest BCUT2D eigenvalue weighted by Gasteiger charge is -2.03. The molecule has 0 unspecified atom stereocenters. The Morgan fingerprint density at radius 2 is 2.16 bits per heavy atom. The van der Waals surface area contributed by atoms with Crippen molar-refractivity contribution in [1.82, 2.24) is 19.9 Å². The number of aryl methyl sites for hydroxylation is 1. The largest absolute Gasteiger partial charge is 0.301 e. The zero-order valence-corrected chi connectivity index (χ0v) is 12.0. The molecule has 19 heavy (non-hydrogen) atoms. The van der Waals surface area contributed by atoms with Crippen LogP contribution in [0.3, 0.4) is 0 Å². The molecule has 0 aliphatic carbocycles. The molecule has 5 nitrogen and oxygen atoms in total.